The zero-order chi connectivity index (χ0) is 14.9. The number of carbonyl (C=O) groups is 1. The lowest BCUT2D eigenvalue weighted by Gasteiger charge is -2.19. The zero-order valence-electron chi connectivity index (χ0n) is 11.0. The Morgan fingerprint density at radius 3 is 2.60 bits per heavy atom. The Bertz CT molecular complexity index is 659. The van der Waals surface area contributed by atoms with Gasteiger partial charge in [-0.15, -0.1) is 0 Å². The number of aromatic nitrogens is 1. The van der Waals surface area contributed by atoms with E-state index in [0.717, 1.165) is 12.1 Å². The number of nitrogens with one attached hydrogen (secondary N) is 1. The molecule has 1 aromatic carbocycles. The van der Waals surface area contributed by atoms with Crippen LogP contribution in [-0.2, 0) is 4.79 Å². The normalized spacial score (nSPS) is 12.7. The fourth-order valence-electron chi connectivity index (χ4n) is 1.98. The molecule has 0 saturated carbocycles. The van der Waals surface area contributed by atoms with Gasteiger partial charge in [-0.25, -0.2) is 18.6 Å². The summed E-state index contributed by atoms with van der Waals surface area (Å²) in [5, 5.41) is 12.3. The van der Waals surface area contributed by atoms with E-state index < -0.39 is 23.6 Å². The van der Waals surface area contributed by atoms with Crippen LogP contribution in [0.5, 0.6) is 0 Å². The van der Waals surface area contributed by atoms with Crippen LogP contribution in [-0.4, -0.2) is 22.1 Å². The maximum absolute atomic E-state index is 13.7. The third-order valence-corrected chi connectivity index (χ3v) is 3.02. The van der Waals surface area contributed by atoms with Gasteiger partial charge in [-0.05, 0) is 18.1 Å². The maximum Gasteiger partial charge on any atom is 0.326 e. The van der Waals surface area contributed by atoms with Crippen LogP contribution in [0.15, 0.2) is 24.4 Å². The summed E-state index contributed by atoms with van der Waals surface area (Å²) in [7, 11) is 0. The minimum absolute atomic E-state index is 0.155. The molecule has 4 nitrogen and oxygen atoms in total. The number of benzene rings is 1. The molecule has 2 N–H and O–H groups in total. The number of rotatable bonds is 4. The molecule has 6 heteroatoms. The monoisotopic (exact) mass is 280 g/mol. The second-order valence-electron chi connectivity index (χ2n) is 4.85. The van der Waals surface area contributed by atoms with Crippen molar-refractivity contribution in [2.45, 2.75) is 19.9 Å². The fraction of sp³-hybridized carbons (Fsp3) is 0.286. The third kappa shape index (κ3) is 2.68. The van der Waals surface area contributed by atoms with E-state index in [4.69, 9.17) is 5.11 Å². The lowest BCUT2D eigenvalue weighted by Crippen LogP contribution is -2.34. The number of hydrogen-bond acceptors (Lipinski definition) is 3. The summed E-state index contributed by atoms with van der Waals surface area (Å²) in [5.74, 6) is -2.54. The van der Waals surface area contributed by atoms with Crippen LogP contribution in [0, 0.1) is 17.6 Å². The van der Waals surface area contributed by atoms with Crippen LogP contribution in [0.1, 0.15) is 13.8 Å². The summed E-state index contributed by atoms with van der Waals surface area (Å²) >= 11 is 0. The summed E-state index contributed by atoms with van der Waals surface area (Å²) < 4.78 is 27.0. The van der Waals surface area contributed by atoms with Gasteiger partial charge in [0.15, 0.2) is 0 Å². The molecule has 0 aliphatic carbocycles. The number of carboxylic acids is 1. The van der Waals surface area contributed by atoms with Crippen LogP contribution in [0.25, 0.3) is 10.8 Å². The van der Waals surface area contributed by atoms with E-state index in [-0.39, 0.29) is 22.5 Å². The van der Waals surface area contributed by atoms with E-state index in [1.54, 1.807) is 13.8 Å². The summed E-state index contributed by atoms with van der Waals surface area (Å²) in [6.07, 6.45) is 1.35. The molecule has 0 saturated heterocycles. The summed E-state index contributed by atoms with van der Waals surface area (Å²) in [6, 6.07) is 2.44. The molecule has 20 heavy (non-hydrogen) atoms. The Balaban J connectivity index is 2.52. The average Bonchev–Trinajstić information content (AvgIpc) is 2.35. The van der Waals surface area contributed by atoms with Gasteiger partial charge in [0, 0.05) is 23.0 Å². The first kappa shape index (κ1) is 14.2. The second-order valence-corrected chi connectivity index (χ2v) is 4.85. The molecule has 0 aliphatic rings. The first-order valence-electron chi connectivity index (χ1n) is 6.13. The van der Waals surface area contributed by atoms with Crippen molar-refractivity contribution >= 4 is 22.6 Å². The highest BCUT2D eigenvalue weighted by Gasteiger charge is 2.22. The smallest absolute Gasteiger partial charge is 0.326 e. The molecule has 1 unspecified atom stereocenters. The number of pyridine rings is 1. The SMILES string of the molecule is CC(C)C(Nc1nccc2c(F)cc(F)cc12)C(=O)O. The van der Waals surface area contributed by atoms with Crippen molar-refractivity contribution in [3.63, 3.8) is 0 Å². The van der Waals surface area contributed by atoms with Gasteiger partial charge in [0.1, 0.15) is 23.5 Å². The first-order valence-corrected chi connectivity index (χ1v) is 6.13. The highest BCUT2D eigenvalue weighted by molar-refractivity contribution is 5.93. The average molecular weight is 280 g/mol. The van der Waals surface area contributed by atoms with Crippen LogP contribution in [0.4, 0.5) is 14.6 Å². The number of fused-ring (bicyclic) bond motifs is 1. The topological polar surface area (TPSA) is 62.2 Å². The van der Waals surface area contributed by atoms with E-state index >= 15 is 0 Å². The molecular weight excluding hydrogens is 266 g/mol. The number of halogens is 2. The summed E-state index contributed by atoms with van der Waals surface area (Å²) in [5.41, 5.74) is 0. The van der Waals surface area contributed by atoms with Gasteiger partial charge < -0.3 is 10.4 Å². The van der Waals surface area contributed by atoms with Gasteiger partial charge in [0.25, 0.3) is 0 Å². The van der Waals surface area contributed by atoms with Crippen molar-refractivity contribution in [1.29, 1.82) is 0 Å². The number of anilines is 1. The van der Waals surface area contributed by atoms with Crippen molar-refractivity contribution in [2.24, 2.45) is 5.92 Å². The molecular formula is C14H14F2N2O2. The highest BCUT2D eigenvalue weighted by atomic mass is 19.1. The van der Waals surface area contributed by atoms with Crippen molar-refractivity contribution in [3.05, 3.63) is 36.0 Å². The van der Waals surface area contributed by atoms with Crippen molar-refractivity contribution in [2.75, 3.05) is 5.32 Å². The van der Waals surface area contributed by atoms with E-state index in [9.17, 15) is 13.6 Å². The quantitative estimate of drug-likeness (QED) is 0.903. The standard InChI is InChI=1S/C14H14F2N2O2/c1-7(2)12(14(19)20)18-13-10-5-8(15)6-11(16)9(10)3-4-17-13/h3-7,12H,1-2H3,(H,17,18)(H,19,20). The predicted molar refractivity (Wildman–Crippen MR) is 71.5 cm³/mol. The molecule has 0 aliphatic heterocycles. The Hall–Kier alpha value is -2.24. The van der Waals surface area contributed by atoms with Crippen LogP contribution in [0.2, 0.25) is 0 Å². The lowest BCUT2D eigenvalue weighted by molar-refractivity contribution is -0.138. The highest BCUT2D eigenvalue weighted by Crippen LogP contribution is 2.26. The molecule has 0 amide bonds. The molecule has 1 heterocycles. The van der Waals surface area contributed by atoms with Crippen molar-refractivity contribution in [1.82, 2.24) is 4.98 Å². The largest absolute Gasteiger partial charge is 0.480 e. The van der Waals surface area contributed by atoms with Crippen LogP contribution in [0.3, 0.4) is 0 Å². The molecule has 0 bridgehead atoms. The zero-order valence-corrected chi connectivity index (χ0v) is 11.0. The molecule has 1 atom stereocenters. The van der Waals surface area contributed by atoms with Crippen LogP contribution < -0.4 is 5.32 Å². The second kappa shape index (κ2) is 5.40. The van der Waals surface area contributed by atoms with Gasteiger partial charge >= 0.3 is 5.97 Å². The number of nitrogens with zero attached hydrogens (tertiary/aromatic N) is 1. The maximum atomic E-state index is 13.7. The van der Waals surface area contributed by atoms with E-state index in [1.807, 2.05) is 0 Å². The van der Waals surface area contributed by atoms with E-state index in [0.29, 0.717) is 0 Å². The van der Waals surface area contributed by atoms with Gasteiger partial charge in [0.05, 0.1) is 0 Å². The van der Waals surface area contributed by atoms with Crippen molar-refractivity contribution < 1.29 is 18.7 Å². The Kier molecular flexibility index (Phi) is 3.83. The minimum Gasteiger partial charge on any atom is -0.480 e. The molecule has 0 spiro atoms. The number of hydrogen-bond donors (Lipinski definition) is 2. The van der Waals surface area contributed by atoms with Gasteiger partial charge in [0.2, 0.25) is 0 Å². The van der Waals surface area contributed by atoms with Crippen LogP contribution >= 0.6 is 0 Å². The molecule has 2 aromatic rings. The molecule has 106 valence electrons. The molecule has 0 fully saturated rings. The van der Waals surface area contributed by atoms with Crippen molar-refractivity contribution in [3.8, 4) is 0 Å². The Labute approximate surface area is 114 Å². The number of aliphatic carboxylic acids is 1. The first-order chi connectivity index (χ1) is 9.40. The molecule has 0 radical (unpaired) electrons. The fourth-order valence-corrected chi connectivity index (χ4v) is 1.98. The third-order valence-electron chi connectivity index (χ3n) is 3.02. The Morgan fingerprint density at radius 2 is 2.00 bits per heavy atom. The van der Waals surface area contributed by atoms with E-state index in [1.165, 1.54) is 12.3 Å². The van der Waals surface area contributed by atoms with Gasteiger partial charge in [-0.1, -0.05) is 13.8 Å². The van der Waals surface area contributed by atoms with Gasteiger partial charge in [-0.3, -0.25) is 0 Å². The predicted octanol–water partition coefficient (Wildman–Crippen LogP) is 3.03. The van der Waals surface area contributed by atoms with E-state index in [2.05, 4.69) is 10.3 Å². The van der Waals surface area contributed by atoms with Gasteiger partial charge in [-0.2, -0.15) is 0 Å². The Morgan fingerprint density at radius 1 is 1.30 bits per heavy atom. The minimum atomic E-state index is -1.05. The summed E-state index contributed by atoms with van der Waals surface area (Å²) in [4.78, 5) is 15.2. The molecule has 2 rings (SSSR count). The molecule has 1 aromatic heterocycles. The lowest BCUT2D eigenvalue weighted by atomic mass is 10.0. The summed E-state index contributed by atoms with van der Waals surface area (Å²) in [6.45, 7) is 3.47. The number of carboxylic acid groups (broad SMARTS) is 1.